The van der Waals surface area contributed by atoms with Crippen molar-refractivity contribution in [2.75, 3.05) is 26.2 Å². The van der Waals surface area contributed by atoms with E-state index in [4.69, 9.17) is 9.26 Å². The summed E-state index contributed by atoms with van der Waals surface area (Å²) in [5.74, 6) is 2.94. The van der Waals surface area contributed by atoms with Crippen LogP contribution in [0, 0.1) is 12.8 Å². The normalized spacial score (nSPS) is 20.4. The van der Waals surface area contributed by atoms with E-state index in [1.165, 1.54) is 25.7 Å². The molecule has 1 aromatic rings. The van der Waals surface area contributed by atoms with Gasteiger partial charge in [-0.25, -0.2) is 4.99 Å². The highest BCUT2D eigenvalue weighted by Crippen LogP contribution is 2.26. The second kappa shape index (κ2) is 9.17. The molecule has 25 heavy (non-hydrogen) atoms. The van der Waals surface area contributed by atoms with Gasteiger partial charge in [-0.2, -0.15) is 4.98 Å². The molecule has 0 atom stereocenters. The van der Waals surface area contributed by atoms with Crippen LogP contribution in [-0.4, -0.2) is 53.3 Å². The van der Waals surface area contributed by atoms with Gasteiger partial charge in [-0.15, -0.1) is 0 Å². The van der Waals surface area contributed by atoms with Gasteiger partial charge < -0.3 is 19.5 Å². The Kier molecular flexibility index (Phi) is 6.67. The molecule has 1 N–H and O–H groups in total. The SMILES string of the molecule is CCNC(=NCc1noc(C)n1)N1CCC(OCC2CCCC2)CC1. The Bertz CT molecular complexity index is 545. The lowest BCUT2D eigenvalue weighted by Gasteiger charge is -2.34. The summed E-state index contributed by atoms with van der Waals surface area (Å²) in [6.45, 7) is 8.09. The first-order valence-corrected chi connectivity index (χ1v) is 9.68. The minimum atomic E-state index is 0.402. The highest BCUT2D eigenvalue weighted by molar-refractivity contribution is 5.80. The molecular weight excluding hydrogens is 318 g/mol. The lowest BCUT2D eigenvalue weighted by atomic mass is 10.1. The lowest BCUT2D eigenvalue weighted by Crippen LogP contribution is -2.47. The van der Waals surface area contributed by atoms with E-state index in [1.807, 2.05) is 0 Å². The van der Waals surface area contributed by atoms with Gasteiger partial charge in [-0.1, -0.05) is 18.0 Å². The molecule has 2 fully saturated rings. The number of aromatic nitrogens is 2. The van der Waals surface area contributed by atoms with Crippen LogP contribution in [0.1, 0.15) is 57.2 Å². The van der Waals surface area contributed by atoms with Crippen molar-refractivity contribution in [2.24, 2.45) is 10.9 Å². The number of hydrogen-bond acceptors (Lipinski definition) is 5. The van der Waals surface area contributed by atoms with Crippen LogP contribution in [0.2, 0.25) is 0 Å². The van der Waals surface area contributed by atoms with Crippen LogP contribution in [0.4, 0.5) is 0 Å². The summed E-state index contributed by atoms with van der Waals surface area (Å²) in [6.07, 6.45) is 8.01. The molecule has 0 amide bonds. The number of nitrogens with zero attached hydrogens (tertiary/aromatic N) is 4. The van der Waals surface area contributed by atoms with Crippen molar-refractivity contribution < 1.29 is 9.26 Å². The van der Waals surface area contributed by atoms with Crippen molar-refractivity contribution in [1.29, 1.82) is 0 Å². The largest absolute Gasteiger partial charge is 0.378 e. The summed E-state index contributed by atoms with van der Waals surface area (Å²) in [7, 11) is 0. The second-order valence-electron chi connectivity index (χ2n) is 7.07. The number of hydrogen-bond donors (Lipinski definition) is 1. The van der Waals surface area contributed by atoms with Crippen LogP contribution in [0.15, 0.2) is 9.52 Å². The summed E-state index contributed by atoms with van der Waals surface area (Å²) in [4.78, 5) is 11.2. The number of likely N-dealkylation sites (tertiary alicyclic amines) is 1. The maximum absolute atomic E-state index is 6.17. The Morgan fingerprint density at radius 2 is 2.04 bits per heavy atom. The standard InChI is InChI=1S/C18H31N5O2/c1-3-19-18(20-12-17-21-14(2)25-22-17)23-10-8-16(9-11-23)24-13-15-6-4-5-7-15/h15-16H,3-13H2,1-2H3,(H,19,20). The van der Waals surface area contributed by atoms with Crippen molar-refractivity contribution in [2.45, 2.75) is 65.0 Å². The van der Waals surface area contributed by atoms with Crippen LogP contribution < -0.4 is 5.32 Å². The van der Waals surface area contributed by atoms with Crippen LogP contribution in [0.25, 0.3) is 0 Å². The van der Waals surface area contributed by atoms with Crippen LogP contribution >= 0.6 is 0 Å². The third-order valence-corrected chi connectivity index (χ3v) is 5.06. The lowest BCUT2D eigenvalue weighted by molar-refractivity contribution is 0.00101. The Labute approximate surface area is 150 Å². The number of aliphatic imine (C=N–C) groups is 1. The van der Waals surface area contributed by atoms with Crippen molar-refractivity contribution in [3.63, 3.8) is 0 Å². The Morgan fingerprint density at radius 3 is 2.68 bits per heavy atom. The van der Waals surface area contributed by atoms with Gasteiger partial charge >= 0.3 is 0 Å². The molecule has 140 valence electrons. The molecule has 7 heteroatoms. The summed E-state index contributed by atoms with van der Waals surface area (Å²) in [6, 6.07) is 0. The second-order valence-corrected chi connectivity index (χ2v) is 7.07. The Morgan fingerprint density at radius 1 is 1.28 bits per heavy atom. The zero-order valence-corrected chi connectivity index (χ0v) is 15.5. The van der Waals surface area contributed by atoms with Crippen molar-refractivity contribution in [3.05, 3.63) is 11.7 Å². The predicted octanol–water partition coefficient (Wildman–Crippen LogP) is 2.51. The third kappa shape index (κ3) is 5.42. The number of piperidine rings is 1. The topological polar surface area (TPSA) is 75.8 Å². The monoisotopic (exact) mass is 349 g/mol. The van der Waals surface area contributed by atoms with Gasteiger partial charge in [0.2, 0.25) is 5.89 Å². The number of nitrogens with one attached hydrogen (secondary N) is 1. The maximum atomic E-state index is 6.17. The van der Waals surface area contributed by atoms with Crippen molar-refractivity contribution in [3.8, 4) is 0 Å². The molecule has 0 spiro atoms. The first kappa shape index (κ1) is 18.2. The van der Waals surface area contributed by atoms with E-state index in [-0.39, 0.29) is 0 Å². The predicted molar refractivity (Wildman–Crippen MR) is 96.4 cm³/mol. The van der Waals surface area contributed by atoms with Crippen molar-refractivity contribution in [1.82, 2.24) is 20.4 Å². The number of aryl methyl sites for hydroxylation is 1. The molecule has 0 unspecified atom stereocenters. The molecule has 0 radical (unpaired) electrons. The third-order valence-electron chi connectivity index (χ3n) is 5.06. The zero-order chi connectivity index (χ0) is 17.5. The summed E-state index contributed by atoms with van der Waals surface area (Å²) >= 11 is 0. The van der Waals surface area contributed by atoms with Gasteiger partial charge in [0.1, 0.15) is 6.54 Å². The first-order valence-electron chi connectivity index (χ1n) is 9.68. The van der Waals surface area contributed by atoms with Crippen LogP contribution in [0.5, 0.6) is 0 Å². The molecule has 7 nitrogen and oxygen atoms in total. The Hall–Kier alpha value is -1.63. The first-order chi connectivity index (χ1) is 12.2. The van der Waals surface area contributed by atoms with Gasteiger partial charge in [0.15, 0.2) is 11.8 Å². The fraction of sp³-hybridized carbons (Fsp3) is 0.833. The molecule has 1 aliphatic carbocycles. The van der Waals surface area contributed by atoms with Gasteiger partial charge in [0.25, 0.3) is 0 Å². The van der Waals surface area contributed by atoms with E-state index in [0.717, 1.165) is 51.0 Å². The summed E-state index contributed by atoms with van der Waals surface area (Å²) in [5.41, 5.74) is 0. The summed E-state index contributed by atoms with van der Waals surface area (Å²) < 4.78 is 11.2. The van der Waals surface area contributed by atoms with E-state index in [0.29, 0.717) is 24.4 Å². The molecule has 2 heterocycles. The van der Waals surface area contributed by atoms with Gasteiger partial charge in [-0.3, -0.25) is 0 Å². The minimum absolute atomic E-state index is 0.402. The molecule has 1 aromatic heterocycles. The van der Waals surface area contributed by atoms with E-state index < -0.39 is 0 Å². The average molecular weight is 349 g/mol. The number of ether oxygens (including phenoxy) is 1. The fourth-order valence-electron chi connectivity index (χ4n) is 3.66. The average Bonchev–Trinajstić information content (AvgIpc) is 3.29. The number of rotatable bonds is 6. The minimum Gasteiger partial charge on any atom is -0.378 e. The van der Waals surface area contributed by atoms with Gasteiger partial charge in [-0.05, 0) is 38.5 Å². The number of guanidine groups is 1. The smallest absolute Gasteiger partial charge is 0.223 e. The van der Waals surface area contributed by atoms with Crippen LogP contribution in [0.3, 0.4) is 0 Å². The Balaban J connectivity index is 1.46. The maximum Gasteiger partial charge on any atom is 0.223 e. The highest BCUT2D eigenvalue weighted by atomic mass is 16.5. The van der Waals surface area contributed by atoms with Gasteiger partial charge in [0, 0.05) is 33.2 Å². The molecule has 1 aliphatic heterocycles. The quantitative estimate of drug-likeness (QED) is 0.628. The van der Waals surface area contributed by atoms with Crippen molar-refractivity contribution >= 4 is 5.96 Å². The molecule has 0 aromatic carbocycles. The van der Waals surface area contributed by atoms with E-state index in [2.05, 4.69) is 32.3 Å². The zero-order valence-electron chi connectivity index (χ0n) is 15.5. The summed E-state index contributed by atoms with van der Waals surface area (Å²) in [5, 5.41) is 7.28. The molecular formula is C18H31N5O2. The van der Waals surface area contributed by atoms with Gasteiger partial charge in [0.05, 0.1) is 6.10 Å². The molecule has 0 bridgehead atoms. The van der Waals surface area contributed by atoms with Crippen LogP contribution in [-0.2, 0) is 11.3 Å². The fourth-order valence-corrected chi connectivity index (χ4v) is 3.66. The van der Waals surface area contributed by atoms with E-state index in [9.17, 15) is 0 Å². The molecule has 3 rings (SSSR count). The molecule has 2 aliphatic rings. The van der Waals surface area contributed by atoms with E-state index >= 15 is 0 Å². The molecule has 1 saturated carbocycles. The van der Waals surface area contributed by atoms with E-state index in [1.54, 1.807) is 6.92 Å². The molecule has 1 saturated heterocycles. The highest BCUT2D eigenvalue weighted by Gasteiger charge is 2.24.